The zero-order valence-corrected chi connectivity index (χ0v) is 19.3. The fraction of sp³-hybridized carbons (Fsp3) is 0.280. The summed E-state index contributed by atoms with van der Waals surface area (Å²) in [5, 5.41) is 28.0. The monoisotopic (exact) mass is 478 g/mol. The van der Waals surface area contributed by atoms with Gasteiger partial charge in [0.1, 0.15) is 6.61 Å². The molecule has 0 bridgehead atoms. The Morgan fingerprint density at radius 3 is 2.29 bits per heavy atom. The Balaban J connectivity index is 1.41. The maximum atomic E-state index is 12.6. The predicted octanol–water partition coefficient (Wildman–Crippen LogP) is 2.74. The van der Waals surface area contributed by atoms with Gasteiger partial charge in [-0.2, -0.15) is 5.10 Å². The molecule has 1 aliphatic rings. The number of hydrogen-bond acceptors (Lipinski definition) is 6. The van der Waals surface area contributed by atoms with Crippen molar-refractivity contribution in [3.05, 3.63) is 71.5 Å². The van der Waals surface area contributed by atoms with E-state index in [4.69, 9.17) is 9.84 Å². The van der Waals surface area contributed by atoms with E-state index in [0.717, 1.165) is 22.3 Å². The highest BCUT2D eigenvalue weighted by atomic mass is 16.5. The molecule has 0 aliphatic heterocycles. The molecular formula is C25H26N4O6. The van der Waals surface area contributed by atoms with Crippen molar-refractivity contribution >= 4 is 23.7 Å². The number of fused-ring (bicyclic) bond motifs is 3. The van der Waals surface area contributed by atoms with E-state index in [9.17, 15) is 19.5 Å². The Kier molecular flexibility index (Phi) is 6.57. The fourth-order valence-electron chi connectivity index (χ4n) is 4.23. The molecule has 3 aromatic rings. The van der Waals surface area contributed by atoms with Crippen LogP contribution >= 0.6 is 0 Å². The van der Waals surface area contributed by atoms with Crippen molar-refractivity contribution < 1.29 is 29.3 Å². The largest absolute Gasteiger partial charge is 0.481 e. The Morgan fingerprint density at radius 2 is 1.69 bits per heavy atom. The second kappa shape index (κ2) is 9.59. The first-order chi connectivity index (χ1) is 16.6. The third kappa shape index (κ3) is 5.33. The van der Waals surface area contributed by atoms with Crippen molar-refractivity contribution in [1.82, 2.24) is 15.1 Å². The van der Waals surface area contributed by atoms with Gasteiger partial charge >= 0.3 is 12.1 Å². The van der Waals surface area contributed by atoms with E-state index >= 15 is 0 Å². The number of carbonyl (C=O) groups is 3. The average Bonchev–Trinajstić information content (AvgIpc) is 3.32. The number of nitrogens with zero attached hydrogens (tertiary/aromatic N) is 2. The average molecular weight is 479 g/mol. The van der Waals surface area contributed by atoms with Gasteiger partial charge in [0, 0.05) is 25.7 Å². The summed E-state index contributed by atoms with van der Waals surface area (Å²) in [5.41, 5.74) is 2.78. The molecule has 1 atom stereocenters. The van der Waals surface area contributed by atoms with Crippen LogP contribution in [-0.4, -0.2) is 56.7 Å². The highest BCUT2D eigenvalue weighted by Crippen LogP contribution is 2.44. The topological polar surface area (TPSA) is 143 Å². The molecule has 1 aliphatic carbocycles. The summed E-state index contributed by atoms with van der Waals surface area (Å²) in [6.07, 6.45) is 0.165. The summed E-state index contributed by atoms with van der Waals surface area (Å²) >= 11 is 0. The molecule has 2 amide bonds. The number of aliphatic carboxylic acids is 1. The maximum absolute atomic E-state index is 12.6. The summed E-state index contributed by atoms with van der Waals surface area (Å²) in [6, 6.07) is 16.0. The number of ether oxygens (including phenoxy) is 1. The second-order valence-corrected chi connectivity index (χ2v) is 8.77. The molecule has 0 saturated carbocycles. The van der Waals surface area contributed by atoms with Gasteiger partial charge in [0.15, 0.2) is 5.69 Å². The van der Waals surface area contributed by atoms with Gasteiger partial charge in [0.05, 0.1) is 17.7 Å². The van der Waals surface area contributed by atoms with Gasteiger partial charge in [-0.3, -0.25) is 19.6 Å². The molecule has 10 heteroatoms. The number of hydrogen-bond donors (Lipinski definition) is 4. The number of carboxylic acids is 1. The first-order valence-corrected chi connectivity index (χ1v) is 11.0. The molecule has 1 aromatic heterocycles. The lowest BCUT2D eigenvalue weighted by Crippen LogP contribution is -2.42. The number of aliphatic hydroxyl groups is 1. The Labute approximate surface area is 201 Å². The molecule has 10 nitrogen and oxygen atoms in total. The highest BCUT2D eigenvalue weighted by molar-refractivity contribution is 6.01. The van der Waals surface area contributed by atoms with Crippen LogP contribution in [0.15, 0.2) is 54.7 Å². The smallest absolute Gasteiger partial charge is 0.411 e. The van der Waals surface area contributed by atoms with Gasteiger partial charge in [0.25, 0.3) is 5.91 Å². The lowest BCUT2D eigenvalue weighted by atomic mass is 9.98. The van der Waals surface area contributed by atoms with E-state index in [0.29, 0.717) is 0 Å². The van der Waals surface area contributed by atoms with Crippen LogP contribution in [-0.2, 0) is 16.6 Å². The zero-order chi connectivity index (χ0) is 25.2. The van der Waals surface area contributed by atoms with Crippen molar-refractivity contribution in [2.75, 3.05) is 18.5 Å². The van der Waals surface area contributed by atoms with E-state index in [-0.39, 0.29) is 30.5 Å². The van der Waals surface area contributed by atoms with E-state index in [1.165, 1.54) is 17.8 Å². The van der Waals surface area contributed by atoms with Crippen LogP contribution in [0.2, 0.25) is 0 Å². The van der Waals surface area contributed by atoms with Crippen LogP contribution in [0.5, 0.6) is 0 Å². The molecule has 0 fully saturated rings. The summed E-state index contributed by atoms with van der Waals surface area (Å²) < 4.78 is 6.87. The number of rotatable bonds is 8. The number of anilines is 1. The Morgan fingerprint density at radius 1 is 1.09 bits per heavy atom. The third-order valence-corrected chi connectivity index (χ3v) is 5.79. The van der Waals surface area contributed by atoms with Crippen molar-refractivity contribution in [2.24, 2.45) is 7.05 Å². The number of amides is 2. The number of aryl methyl sites for hydroxylation is 1. The lowest BCUT2D eigenvalue weighted by molar-refractivity contribution is -0.141. The summed E-state index contributed by atoms with van der Waals surface area (Å²) in [6.45, 7) is 1.11. The van der Waals surface area contributed by atoms with Crippen LogP contribution < -0.4 is 10.6 Å². The van der Waals surface area contributed by atoms with Gasteiger partial charge in [-0.25, -0.2) is 4.79 Å². The van der Waals surface area contributed by atoms with Gasteiger partial charge in [-0.15, -0.1) is 0 Å². The molecule has 0 saturated heterocycles. The Hall–Kier alpha value is -4.18. The summed E-state index contributed by atoms with van der Waals surface area (Å²) in [7, 11) is 1.58. The van der Waals surface area contributed by atoms with E-state index in [1.54, 1.807) is 7.05 Å². The van der Waals surface area contributed by atoms with E-state index < -0.39 is 30.0 Å². The molecular weight excluding hydrogens is 452 g/mol. The lowest BCUT2D eigenvalue weighted by Gasteiger charge is -2.21. The summed E-state index contributed by atoms with van der Waals surface area (Å²) in [4.78, 5) is 36.1. The predicted molar refractivity (Wildman–Crippen MR) is 127 cm³/mol. The molecule has 1 unspecified atom stereocenters. The van der Waals surface area contributed by atoms with Crippen LogP contribution in [0.3, 0.4) is 0 Å². The third-order valence-electron chi connectivity index (χ3n) is 5.79. The van der Waals surface area contributed by atoms with Crippen LogP contribution in [0, 0.1) is 0 Å². The number of aromatic nitrogens is 2. The minimum atomic E-state index is -1.64. The van der Waals surface area contributed by atoms with Gasteiger partial charge in [-0.05, 0) is 29.2 Å². The quantitative estimate of drug-likeness (QED) is 0.390. The number of benzene rings is 2. The molecule has 182 valence electrons. The van der Waals surface area contributed by atoms with Crippen LogP contribution in [0.1, 0.15) is 40.9 Å². The SMILES string of the molecule is Cn1cc(NC(=O)OCC2c3ccccc3-c3ccccc32)c(C(=O)NCC(C)(O)CC(=O)O)n1. The number of nitrogens with one attached hydrogen (secondary N) is 2. The zero-order valence-electron chi connectivity index (χ0n) is 19.3. The maximum Gasteiger partial charge on any atom is 0.411 e. The standard InChI is InChI=1S/C25H26N4O6/c1-25(34,11-21(30)31)14-26-23(32)22-20(12-29(2)28-22)27-24(33)35-13-19-17-9-5-3-7-15(17)16-8-4-6-10-18(16)19/h3-10,12,19,34H,11,13-14H2,1-2H3,(H,26,32)(H,27,33)(H,30,31). The van der Waals surface area contributed by atoms with Crippen molar-refractivity contribution in [3.63, 3.8) is 0 Å². The van der Waals surface area contributed by atoms with Crippen molar-refractivity contribution in [3.8, 4) is 11.1 Å². The van der Waals surface area contributed by atoms with Gasteiger partial charge in [-0.1, -0.05) is 48.5 Å². The molecule has 0 radical (unpaired) electrons. The van der Waals surface area contributed by atoms with E-state index in [2.05, 4.69) is 15.7 Å². The fourth-order valence-corrected chi connectivity index (χ4v) is 4.23. The molecule has 4 N–H and O–H groups in total. The van der Waals surface area contributed by atoms with Gasteiger partial charge < -0.3 is 20.3 Å². The molecule has 1 heterocycles. The molecule has 35 heavy (non-hydrogen) atoms. The first kappa shape index (κ1) is 24.0. The number of carboxylic acid groups (broad SMARTS) is 1. The van der Waals surface area contributed by atoms with Crippen LogP contribution in [0.25, 0.3) is 11.1 Å². The molecule has 2 aromatic carbocycles. The van der Waals surface area contributed by atoms with E-state index in [1.807, 2.05) is 48.5 Å². The van der Waals surface area contributed by atoms with Crippen molar-refractivity contribution in [1.29, 1.82) is 0 Å². The Bertz CT molecular complexity index is 1240. The minimum Gasteiger partial charge on any atom is -0.481 e. The minimum absolute atomic E-state index is 0.0906. The van der Waals surface area contributed by atoms with Crippen molar-refractivity contribution in [2.45, 2.75) is 24.9 Å². The van der Waals surface area contributed by atoms with Gasteiger partial charge in [0.2, 0.25) is 0 Å². The highest BCUT2D eigenvalue weighted by Gasteiger charge is 2.30. The number of carbonyl (C=O) groups excluding carboxylic acids is 2. The second-order valence-electron chi connectivity index (χ2n) is 8.77. The molecule has 0 spiro atoms. The van der Waals surface area contributed by atoms with Crippen LogP contribution in [0.4, 0.5) is 10.5 Å². The summed E-state index contributed by atoms with van der Waals surface area (Å²) in [5.74, 6) is -1.98. The first-order valence-electron chi connectivity index (χ1n) is 11.0. The molecule has 4 rings (SSSR count). The normalized spacial score (nSPS) is 13.9.